The average molecular weight is 274 g/mol. The van der Waals surface area contributed by atoms with Crippen LogP contribution in [0.1, 0.15) is 19.7 Å². The number of nitrogens with zero attached hydrogens (tertiary/aromatic N) is 3. The fraction of sp³-hybridized carbons (Fsp3) is 0.357. The fourth-order valence-electron chi connectivity index (χ4n) is 1.95. The summed E-state index contributed by atoms with van der Waals surface area (Å²) < 4.78 is 2.11. The SMILES string of the molecule is CC(C)Cn1ccnc1CNc1ccc([N+](=O)[O-])cc1. The van der Waals surface area contributed by atoms with Gasteiger partial charge in [-0.3, -0.25) is 10.1 Å². The molecule has 6 nitrogen and oxygen atoms in total. The Morgan fingerprint density at radius 3 is 2.65 bits per heavy atom. The van der Waals surface area contributed by atoms with Crippen LogP contribution in [0, 0.1) is 16.0 Å². The minimum absolute atomic E-state index is 0.0943. The summed E-state index contributed by atoms with van der Waals surface area (Å²) in [5.74, 6) is 1.51. The number of hydrogen-bond acceptors (Lipinski definition) is 4. The molecule has 0 spiro atoms. The standard InChI is InChI=1S/C14H18N4O2/c1-11(2)10-17-8-7-15-14(17)9-16-12-3-5-13(6-4-12)18(19)20/h3-8,11,16H,9-10H2,1-2H3. The van der Waals surface area contributed by atoms with E-state index in [4.69, 9.17) is 0 Å². The third-order valence-electron chi connectivity index (χ3n) is 2.89. The minimum Gasteiger partial charge on any atom is -0.378 e. The van der Waals surface area contributed by atoms with Crippen LogP contribution >= 0.6 is 0 Å². The zero-order chi connectivity index (χ0) is 14.5. The molecular formula is C14H18N4O2. The Morgan fingerprint density at radius 1 is 1.35 bits per heavy atom. The number of non-ortho nitro benzene ring substituents is 1. The summed E-state index contributed by atoms with van der Waals surface area (Å²) in [7, 11) is 0. The molecule has 20 heavy (non-hydrogen) atoms. The van der Waals surface area contributed by atoms with Gasteiger partial charge in [0, 0.05) is 36.8 Å². The Balaban J connectivity index is 1.98. The van der Waals surface area contributed by atoms with Gasteiger partial charge in [-0.2, -0.15) is 0 Å². The van der Waals surface area contributed by atoms with Gasteiger partial charge in [0.1, 0.15) is 5.82 Å². The number of nitro benzene ring substituents is 1. The number of nitrogens with one attached hydrogen (secondary N) is 1. The van der Waals surface area contributed by atoms with Crippen molar-refractivity contribution < 1.29 is 4.92 Å². The van der Waals surface area contributed by atoms with Gasteiger partial charge in [0.15, 0.2) is 0 Å². The molecule has 0 unspecified atom stereocenters. The summed E-state index contributed by atoms with van der Waals surface area (Å²) in [5, 5.41) is 13.8. The molecule has 0 bridgehead atoms. The summed E-state index contributed by atoms with van der Waals surface area (Å²) >= 11 is 0. The maximum atomic E-state index is 10.6. The first kappa shape index (κ1) is 14.0. The van der Waals surface area contributed by atoms with Crippen LogP contribution in [0.3, 0.4) is 0 Å². The smallest absolute Gasteiger partial charge is 0.269 e. The molecule has 106 valence electrons. The predicted molar refractivity (Wildman–Crippen MR) is 77.5 cm³/mol. The summed E-state index contributed by atoms with van der Waals surface area (Å²) in [5.41, 5.74) is 0.937. The van der Waals surface area contributed by atoms with Gasteiger partial charge in [-0.25, -0.2) is 4.98 Å². The van der Waals surface area contributed by atoms with E-state index in [1.807, 2.05) is 6.20 Å². The lowest BCUT2D eigenvalue weighted by Crippen LogP contribution is -2.11. The van der Waals surface area contributed by atoms with Crippen molar-refractivity contribution in [3.63, 3.8) is 0 Å². The molecule has 0 saturated heterocycles. The van der Waals surface area contributed by atoms with Gasteiger partial charge >= 0.3 is 0 Å². The highest BCUT2D eigenvalue weighted by atomic mass is 16.6. The highest BCUT2D eigenvalue weighted by Gasteiger charge is 2.06. The molecule has 1 N–H and O–H groups in total. The molecule has 1 aromatic carbocycles. The van der Waals surface area contributed by atoms with Gasteiger partial charge in [-0.1, -0.05) is 13.8 Å². The van der Waals surface area contributed by atoms with Gasteiger partial charge in [-0.15, -0.1) is 0 Å². The first-order chi connectivity index (χ1) is 9.56. The number of aromatic nitrogens is 2. The van der Waals surface area contributed by atoms with Crippen molar-refractivity contribution in [2.75, 3.05) is 5.32 Å². The van der Waals surface area contributed by atoms with Gasteiger partial charge in [0.25, 0.3) is 5.69 Å². The highest BCUT2D eigenvalue weighted by Crippen LogP contribution is 2.16. The van der Waals surface area contributed by atoms with E-state index in [1.165, 1.54) is 12.1 Å². The van der Waals surface area contributed by atoms with E-state index in [9.17, 15) is 10.1 Å². The van der Waals surface area contributed by atoms with Gasteiger partial charge in [0.05, 0.1) is 11.5 Å². The molecule has 1 heterocycles. The summed E-state index contributed by atoms with van der Waals surface area (Å²) in [6.45, 7) is 5.84. The van der Waals surface area contributed by atoms with E-state index >= 15 is 0 Å². The highest BCUT2D eigenvalue weighted by molar-refractivity contribution is 5.48. The Kier molecular flexibility index (Phi) is 4.34. The van der Waals surface area contributed by atoms with Gasteiger partial charge in [-0.05, 0) is 18.1 Å². The molecule has 0 aliphatic carbocycles. The fourth-order valence-corrected chi connectivity index (χ4v) is 1.95. The number of rotatable bonds is 6. The van der Waals surface area contributed by atoms with Crippen LogP contribution in [0.15, 0.2) is 36.7 Å². The molecule has 6 heteroatoms. The monoisotopic (exact) mass is 274 g/mol. The van der Waals surface area contributed by atoms with Crippen molar-refractivity contribution in [3.8, 4) is 0 Å². The summed E-state index contributed by atoms with van der Waals surface area (Å²) in [6, 6.07) is 6.38. The topological polar surface area (TPSA) is 73.0 Å². The van der Waals surface area contributed by atoms with E-state index < -0.39 is 4.92 Å². The number of imidazole rings is 1. The Labute approximate surface area is 117 Å². The first-order valence-electron chi connectivity index (χ1n) is 6.54. The van der Waals surface area contributed by atoms with E-state index in [1.54, 1.807) is 18.3 Å². The second-order valence-electron chi connectivity index (χ2n) is 5.05. The maximum absolute atomic E-state index is 10.6. The van der Waals surface area contributed by atoms with Crippen molar-refractivity contribution >= 4 is 11.4 Å². The van der Waals surface area contributed by atoms with Crippen LogP contribution < -0.4 is 5.32 Å². The van der Waals surface area contributed by atoms with E-state index in [0.29, 0.717) is 12.5 Å². The van der Waals surface area contributed by atoms with Gasteiger partial charge < -0.3 is 9.88 Å². The van der Waals surface area contributed by atoms with Crippen molar-refractivity contribution in [3.05, 3.63) is 52.6 Å². The number of nitro groups is 1. The van der Waals surface area contributed by atoms with Crippen molar-refractivity contribution in [1.82, 2.24) is 9.55 Å². The molecule has 0 saturated carbocycles. The zero-order valence-corrected chi connectivity index (χ0v) is 11.6. The molecule has 0 atom stereocenters. The predicted octanol–water partition coefficient (Wildman–Crippen LogP) is 3.06. The maximum Gasteiger partial charge on any atom is 0.269 e. The third-order valence-corrected chi connectivity index (χ3v) is 2.89. The molecule has 2 rings (SSSR count). The van der Waals surface area contributed by atoms with Crippen LogP contribution in [0.5, 0.6) is 0 Å². The molecular weight excluding hydrogens is 256 g/mol. The number of anilines is 1. The van der Waals surface area contributed by atoms with E-state index in [2.05, 4.69) is 28.7 Å². The average Bonchev–Trinajstić information content (AvgIpc) is 2.83. The van der Waals surface area contributed by atoms with Crippen molar-refractivity contribution in [2.24, 2.45) is 5.92 Å². The minimum atomic E-state index is -0.404. The number of hydrogen-bond donors (Lipinski definition) is 1. The Hall–Kier alpha value is -2.37. The van der Waals surface area contributed by atoms with Crippen LogP contribution in [-0.2, 0) is 13.1 Å². The van der Waals surface area contributed by atoms with Crippen LogP contribution in [0.2, 0.25) is 0 Å². The molecule has 0 fully saturated rings. The van der Waals surface area contributed by atoms with Crippen molar-refractivity contribution in [1.29, 1.82) is 0 Å². The molecule has 0 aliphatic heterocycles. The largest absolute Gasteiger partial charge is 0.378 e. The lowest BCUT2D eigenvalue weighted by molar-refractivity contribution is -0.384. The summed E-state index contributed by atoms with van der Waals surface area (Å²) in [4.78, 5) is 14.5. The molecule has 1 aromatic heterocycles. The van der Waals surface area contributed by atoms with E-state index in [-0.39, 0.29) is 5.69 Å². The quantitative estimate of drug-likeness (QED) is 0.649. The normalized spacial score (nSPS) is 10.8. The third kappa shape index (κ3) is 3.57. The van der Waals surface area contributed by atoms with Crippen molar-refractivity contribution in [2.45, 2.75) is 26.9 Å². The van der Waals surface area contributed by atoms with Gasteiger partial charge in [0.2, 0.25) is 0 Å². The molecule has 2 aromatic rings. The Bertz CT molecular complexity index is 575. The first-order valence-corrected chi connectivity index (χ1v) is 6.54. The molecule has 0 radical (unpaired) electrons. The van der Waals surface area contributed by atoms with Crippen LogP contribution in [0.25, 0.3) is 0 Å². The zero-order valence-electron chi connectivity index (χ0n) is 11.6. The van der Waals surface area contributed by atoms with Crippen LogP contribution in [-0.4, -0.2) is 14.5 Å². The number of benzene rings is 1. The van der Waals surface area contributed by atoms with Crippen LogP contribution in [0.4, 0.5) is 11.4 Å². The lowest BCUT2D eigenvalue weighted by Gasteiger charge is -2.11. The Morgan fingerprint density at radius 2 is 2.05 bits per heavy atom. The second-order valence-corrected chi connectivity index (χ2v) is 5.05. The second kappa shape index (κ2) is 6.18. The lowest BCUT2D eigenvalue weighted by atomic mass is 10.2. The molecule has 0 amide bonds. The summed E-state index contributed by atoms with van der Waals surface area (Å²) in [6.07, 6.45) is 3.75. The molecule has 0 aliphatic rings. The van der Waals surface area contributed by atoms with E-state index in [0.717, 1.165) is 18.1 Å².